The molecule has 3 aromatic rings. The highest BCUT2D eigenvalue weighted by Crippen LogP contribution is 2.30. The zero-order chi connectivity index (χ0) is 19.6. The average Bonchev–Trinajstić information content (AvgIpc) is 3.05. The van der Waals surface area contributed by atoms with Crippen molar-refractivity contribution in [2.45, 2.75) is 19.2 Å². The molecule has 5 nitrogen and oxygen atoms in total. The number of benzene rings is 2. The van der Waals surface area contributed by atoms with Crippen LogP contribution < -0.4 is 5.32 Å². The summed E-state index contributed by atoms with van der Waals surface area (Å²) in [5, 5.41) is 3.12. The van der Waals surface area contributed by atoms with Crippen LogP contribution in [-0.2, 0) is 15.7 Å². The van der Waals surface area contributed by atoms with Crippen molar-refractivity contribution in [3.63, 3.8) is 0 Å². The van der Waals surface area contributed by atoms with Crippen LogP contribution >= 0.6 is 0 Å². The standard InChI is InChI=1S/C19H15F3N2O3/c1-11(17(25)23-14-7-4-6-13(10-14)19(20,21)22)27-18(26)16-9-12-5-2-3-8-15(12)24-16/h2-11,24H,1H3,(H,23,25)/t11-/m0/s1. The number of amides is 1. The minimum Gasteiger partial charge on any atom is -0.448 e. The van der Waals surface area contributed by atoms with Crippen LogP contribution in [-0.4, -0.2) is 23.0 Å². The number of carbonyl (C=O) groups is 2. The molecule has 1 amide bonds. The summed E-state index contributed by atoms with van der Waals surface area (Å²) in [6.45, 7) is 1.34. The Morgan fingerprint density at radius 3 is 2.52 bits per heavy atom. The van der Waals surface area contributed by atoms with Gasteiger partial charge < -0.3 is 15.0 Å². The van der Waals surface area contributed by atoms with Gasteiger partial charge in [-0.1, -0.05) is 24.3 Å². The summed E-state index contributed by atoms with van der Waals surface area (Å²) in [6.07, 6.45) is -5.72. The predicted molar refractivity (Wildman–Crippen MR) is 93.2 cm³/mol. The molecular weight excluding hydrogens is 361 g/mol. The third-order valence-electron chi connectivity index (χ3n) is 3.86. The lowest BCUT2D eigenvalue weighted by atomic mass is 10.2. The van der Waals surface area contributed by atoms with E-state index in [-0.39, 0.29) is 11.4 Å². The van der Waals surface area contributed by atoms with E-state index in [0.717, 1.165) is 23.0 Å². The molecule has 0 fully saturated rings. The maximum absolute atomic E-state index is 12.7. The smallest absolute Gasteiger partial charge is 0.416 e. The Kier molecular flexibility index (Phi) is 4.89. The summed E-state index contributed by atoms with van der Waals surface area (Å²) in [5.41, 5.74) is -0.00759. The fourth-order valence-corrected chi connectivity index (χ4v) is 2.48. The highest BCUT2D eigenvalue weighted by atomic mass is 19.4. The topological polar surface area (TPSA) is 71.2 Å². The maximum Gasteiger partial charge on any atom is 0.416 e. The number of carbonyl (C=O) groups excluding carboxylic acids is 2. The van der Waals surface area contributed by atoms with Gasteiger partial charge in [0.15, 0.2) is 6.10 Å². The molecule has 2 N–H and O–H groups in total. The molecule has 1 aromatic heterocycles. The number of ether oxygens (including phenoxy) is 1. The molecule has 27 heavy (non-hydrogen) atoms. The fourth-order valence-electron chi connectivity index (χ4n) is 2.48. The second-order valence-electron chi connectivity index (χ2n) is 5.89. The minimum atomic E-state index is -4.52. The van der Waals surface area contributed by atoms with Gasteiger partial charge in [-0.25, -0.2) is 4.79 Å². The second-order valence-corrected chi connectivity index (χ2v) is 5.89. The molecule has 1 heterocycles. The molecule has 0 saturated heterocycles. The number of aromatic nitrogens is 1. The van der Waals surface area contributed by atoms with Crippen LogP contribution in [0.25, 0.3) is 10.9 Å². The Bertz CT molecular complexity index is 962. The predicted octanol–water partition coefficient (Wildman–Crippen LogP) is 4.37. The molecule has 140 valence electrons. The van der Waals surface area contributed by atoms with E-state index in [1.54, 1.807) is 18.2 Å². The Hall–Kier alpha value is -3.29. The summed E-state index contributed by atoms with van der Waals surface area (Å²) < 4.78 is 43.3. The van der Waals surface area contributed by atoms with Crippen LogP contribution in [0.1, 0.15) is 23.0 Å². The molecular formula is C19H15F3N2O3. The molecule has 0 aliphatic rings. The quantitative estimate of drug-likeness (QED) is 0.664. The fraction of sp³-hybridized carbons (Fsp3) is 0.158. The van der Waals surface area contributed by atoms with Gasteiger partial charge in [-0.05, 0) is 37.3 Å². The number of hydrogen-bond acceptors (Lipinski definition) is 3. The lowest BCUT2D eigenvalue weighted by molar-refractivity contribution is -0.137. The maximum atomic E-state index is 12.7. The molecule has 3 rings (SSSR count). The van der Waals surface area contributed by atoms with Crippen LogP contribution in [0.2, 0.25) is 0 Å². The van der Waals surface area contributed by atoms with Crippen LogP contribution in [0.5, 0.6) is 0 Å². The molecule has 0 radical (unpaired) electrons. The number of anilines is 1. The largest absolute Gasteiger partial charge is 0.448 e. The Morgan fingerprint density at radius 1 is 1.07 bits per heavy atom. The van der Waals surface area contributed by atoms with Crippen LogP contribution in [0.4, 0.5) is 18.9 Å². The van der Waals surface area contributed by atoms with Gasteiger partial charge >= 0.3 is 12.1 Å². The number of H-pyrrole nitrogens is 1. The summed E-state index contributed by atoms with van der Waals surface area (Å²) in [6, 6.07) is 13.0. The van der Waals surface area contributed by atoms with Crippen LogP contribution in [0.3, 0.4) is 0 Å². The van der Waals surface area contributed by atoms with Crippen molar-refractivity contribution >= 4 is 28.5 Å². The number of rotatable bonds is 4. The van der Waals surface area contributed by atoms with E-state index in [1.807, 2.05) is 12.1 Å². The summed E-state index contributed by atoms with van der Waals surface area (Å²) in [4.78, 5) is 27.2. The highest BCUT2D eigenvalue weighted by Gasteiger charge is 2.30. The third-order valence-corrected chi connectivity index (χ3v) is 3.86. The van der Waals surface area contributed by atoms with Gasteiger partial charge in [0.25, 0.3) is 5.91 Å². The number of para-hydroxylation sites is 1. The number of halogens is 3. The number of esters is 1. The van der Waals surface area contributed by atoms with Gasteiger partial charge in [-0.2, -0.15) is 13.2 Å². The monoisotopic (exact) mass is 376 g/mol. The van der Waals surface area contributed by atoms with Gasteiger partial charge in [0.2, 0.25) is 0 Å². The summed E-state index contributed by atoms with van der Waals surface area (Å²) >= 11 is 0. The van der Waals surface area contributed by atoms with E-state index in [1.165, 1.54) is 19.1 Å². The first-order chi connectivity index (χ1) is 12.7. The van der Waals surface area contributed by atoms with Crippen molar-refractivity contribution in [1.82, 2.24) is 4.98 Å². The lowest BCUT2D eigenvalue weighted by Crippen LogP contribution is -2.30. The van der Waals surface area contributed by atoms with E-state index in [9.17, 15) is 22.8 Å². The molecule has 1 atom stereocenters. The van der Waals surface area contributed by atoms with Gasteiger partial charge in [-0.3, -0.25) is 4.79 Å². The van der Waals surface area contributed by atoms with Gasteiger partial charge in [-0.15, -0.1) is 0 Å². The average molecular weight is 376 g/mol. The zero-order valence-corrected chi connectivity index (χ0v) is 14.1. The Morgan fingerprint density at radius 2 is 1.81 bits per heavy atom. The molecule has 2 aromatic carbocycles. The molecule has 0 bridgehead atoms. The van der Waals surface area contributed by atoms with Crippen molar-refractivity contribution in [2.75, 3.05) is 5.32 Å². The molecule has 0 aliphatic carbocycles. The SMILES string of the molecule is C[C@H](OC(=O)c1cc2ccccc2[nH]1)C(=O)Nc1cccc(C(F)(F)F)c1. The molecule has 0 saturated carbocycles. The van der Waals surface area contributed by atoms with Crippen LogP contribution in [0, 0.1) is 0 Å². The van der Waals surface area contributed by atoms with Crippen molar-refractivity contribution in [3.05, 3.63) is 65.9 Å². The van der Waals surface area contributed by atoms with Crippen molar-refractivity contribution < 1.29 is 27.5 Å². The Labute approximate surface area is 152 Å². The third kappa shape index (κ3) is 4.28. The van der Waals surface area contributed by atoms with Crippen molar-refractivity contribution in [3.8, 4) is 0 Å². The van der Waals surface area contributed by atoms with E-state index < -0.39 is 29.7 Å². The lowest BCUT2D eigenvalue weighted by Gasteiger charge is -2.14. The van der Waals surface area contributed by atoms with Gasteiger partial charge in [0, 0.05) is 16.6 Å². The number of alkyl halides is 3. The number of aromatic amines is 1. The van der Waals surface area contributed by atoms with E-state index >= 15 is 0 Å². The first kappa shape index (κ1) is 18.5. The highest BCUT2D eigenvalue weighted by molar-refractivity contribution is 5.98. The summed E-state index contributed by atoms with van der Waals surface area (Å²) in [7, 11) is 0. The van der Waals surface area contributed by atoms with Gasteiger partial charge in [0.05, 0.1) is 5.56 Å². The first-order valence-electron chi connectivity index (χ1n) is 8.01. The molecule has 0 aliphatic heterocycles. The van der Waals surface area contributed by atoms with E-state index in [2.05, 4.69) is 10.3 Å². The first-order valence-corrected chi connectivity index (χ1v) is 8.01. The number of hydrogen-bond donors (Lipinski definition) is 2. The number of nitrogens with one attached hydrogen (secondary N) is 2. The van der Waals surface area contributed by atoms with Gasteiger partial charge in [0.1, 0.15) is 5.69 Å². The minimum absolute atomic E-state index is 0.0386. The normalized spacial score (nSPS) is 12.6. The van der Waals surface area contributed by atoms with Crippen molar-refractivity contribution in [2.24, 2.45) is 0 Å². The zero-order valence-electron chi connectivity index (χ0n) is 14.1. The number of fused-ring (bicyclic) bond motifs is 1. The van der Waals surface area contributed by atoms with E-state index in [0.29, 0.717) is 0 Å². The van der Waals surface area contributed by atoms with Crippen LogP contribution in [0.15, 0.2) is 54.6 Å². The van der Waals surface area contributed by atoms with E-state index in [4.69, 9.17) is 4.74 Å². The molecule has 0 unspecified atom stereocenters. The molecule has 8 heteroatoms. The Balaban J connectivity index is 1.66. The summed E-state index contributed by atoms with van der Waals surface area (Å²) in [5.74, 6) is -1.48. The molecule has 0 spiro atoms. The van der Waals surface area contributed by atoms with Crippen molar-refractivity contribution in [1.29, 1.82) is 0 Å². The second kappa shape index (κ2) is 7.14.